The normalized spacial score (nSPS) is 28.0. The zero-order valence-corrected chi connectivity index (χ0v) is 16.4. The second-order valence-corrected chi connectivity index (χ2v) is 8.01. The molecule has 28 heavy (non-hydrogen) atoms. The van der Waals surface area contributed by atoms with Gasteiger partial charge in [0.1, 0.15) is 18.1 Å². The fraction of sp³-hybridized carbons (Fsp3) is 0.824. The second kappa shape index (κ2) is 7.63. The topological polar surface area (TPSA) is 118 Å². The molecule has 3 saturated heterocycles. The number of amides is 2. The predicted octanol–water partition coefficient (Wildman–Crippen LogP) is -0.102. The average molecular weight is 392 g/mol. The number of carbonyl (C=O) groups excluding carboxylic acids is 2. The summed E-state index contributed by atoms with van der Waals surface area (Å²) in [6, 6.07) is 0.184. The number of piperidine rings is 1. The fourth-order valence-corrected chi connectivity index (χ4v) is 4.44. The molecule has 4 heterocycles. The first-order chi connectivity index (χ1) is 13.5. The number of hydrogen-bond donors (Lipinski definition) is 2. The molecular weight excluding hydrogens is 364 g/mol. The van der Waals surface area contributed by atoms with E-state index in [1.807, 2.05) is 9.80 Å². The highest BCUT2D eigenvalue weighted by Gasteiger charge is 2.49. The summed E-state index contributed by atoms with van der Waals surface area (Å²) in [6.45, 7) is 6.49. The Morgan fingerprint density at radius 1 is 1.43 bits per heavy atom. The highest BCUT2D eigenvalue weighted by atomic mass is 16.6. The van der Waals surface area contributed by atoms with Gasteiger partial charge >= 0.3 is 6.09 Å². The SMILES string of the molecule is CCCC(C)N1CC2(CCN(C(=O)C3CNNC3n3cnnn3)CC2)OC1=O. The molecule has 4 rings (SSSR count). The molecule has 11 heteroatoms. The third-order valence-electron chi connectivity index (χ3n) is 6.14. The number of ether oxygens (including phenoxy) is 1. The van der Waals surface area contributed by atoms with Crippen molar-refractivity contribution in [3.05, 3.63) is 6.33 Å². The first-order valence-electron chi connectivity index (χ1n) is 10.0. The van der Waals surface area contributed by atoms with E-state index in [4.69, 9.17) is 4.74 Å². The minimum atomic E-state index is -0.461. The summed E-state index contributed by atoms with van der Waals surface area (Å²) in [5.74, 6) is -0.224. The molecule has 11 nitrogen and oxygen atoms in total. The minimum Gasteiger partial charge on any atom is -0.441 e. The van der Waals surface area contributed by atoms with Gasteiger partial charge in [0.2, 0.25) is 5.91 Å². The lowest BCUT2D eigenvalue weighted by Gasteiger charge is -2.38. The molecule has 0 aliphatic carbocycles. The molecule has 3 atom stereocenters. The van der Waals surface area contributed by atoms with E-state index in [-0.39, 0.29) is 30.1 Å². The van der Waals surface area contributed by atoms with Gasteiger partial charge in [-0.3, -0.25) is 10.2 Å². The molecular formula is C17H28N8O3. The number of hydrazine groups is 1. The van der Waals surface area contributed by atoms with E-state index in [0.29, 0.717) is 39.0 Å². The Labute approximate surface area is 163 Å². The first kappa shape index (κ1) is 19.1. The number of rotatable bonds is 5. The Balaban J connectivity index is 1.36. The number of nitrogens with one attached hydrogen (secondary N) is 2. The maximum atomic E-state index is 13.1. The zero-order chi connectivity index (χ0) is 19.7. The smallest absolute Gasteiger partial charge is 0.410 e. The number of tetrazole rings is 1. The van der Waals surface area contributed by atoms with Crippen LogP contribution >= 0.6 is 0 Å². The third kappa shape index (κ3) is 3.44. The molecule has 154 valence electrons. The van der Waals surface area contributed by atoms with Crippen LogP contribution in [0, 0.1) is 5.92 Å². The van der Waals surface area contributed by atoms with Crippen LogP contribution in [0.5, 0.6) is 0 Å². The molecule has 3 aliphatic rings. The van der Waals surface area contributed by atoms with Gasteiger partial charge in [0.25, 0.3) is 0 Å². The molecule has 1 aromatic heterocycles. The van der Waals surface area contributed by atoms with Crippen molar-refractivity contribution in [2.24, 2.45) is 5.92 Å². The van der Waals surface area contributed by atoms with Crippen LogP contribution in [0.1, 0.15) is 45.7 Å². The summed E-state index contributed by atoms with van der Waals surface area (Å²) in [6.07, 6.45) is 4.31. The van der Waals surface area contributed by atoms with Crippen molar-refractivity contribution in [1.29, 1.82) is 0 Å². The molecule has 2 amide bonds. The van der Waals surface area contributed by atoms with Gasteiger partial charge in [-0.25, -0.2) is 14.9 Å². The van der Waals surface area contributed by atoms with Crippen molar-refractivity contribution >= 4 is 12.0 Å². The molecule has 0 saturated carbocycles. The van der Waals surface area contributed by atoms with E-state index < -0.39 is 5.60 Å². The van der Waals surface area contributed by atoms with Crippen LogP contribution in [-0.4, -0.2) is 79.8 Å². The summed E-state index contributed by atoms with van der Waals surface area (Å²) in [4.78, 5) is 29.1. The Kier molecular flexibility index (Phi) is 5.19. The minimum absolute atomic E-state index is 0.0633. The maximum absolute atomic E-state index is 13.1. The highest BCUT2D eigenvalue weighted by molar-refractivity contribution is 5.80. The van der Waals surface area contributed by atoms with Gasteiger partial charge in [0.15, 0.2) is 0 Å². The molecule has 1 spiro atoms. The van der Waals surface area contributed by atoms with Gasteiger partial charge in [-0.15, -0.1) is 5.10 Å². The lowest BCUT2D eigenvalue weighted by atomic mass is 9.90. The number of likely N-dealkylation sites (tertiary alicyclic amines) is 1. The van der Waals surface area contributed by atoms with Crippen LogP contribution in [-0.2, 0) is 9.53 Å². The van der Waals surface area contributed by atoms with E-state index in [1.54, 1.807) is 4.68 Å². The van der Waals surface area contributed by atoms with Crippen molar-refractivity contribution in [1.82, 2.24) is 40.9 Å². The second-order valence-electron chi connectivity index (χ2n) is 8.01. The average Bonchev–Trinajstić information content (AvgIpc) is 3.42. The van der Waals surface area contributed by atoms with Crippen LogP contribution in [0.15, 0.2) is 6.33 Å². The van der Waals surface area contributed by atoms with E-state index in [2.05, 4.69) is 40.2 Å². The predicted molar refractivity (Wildman–Crippen MR) is 97.6 cm³/mol. The van der Waals surface area contributed by atoms with Crippen LogP contribution in [0.25, 0.3) is 0 Å². The van der Waals surface area contributed by atoms with Gasteiger partial charge in [0, 0.05) is 38.5 Å². The Hall–Kier alpha value is -2.27. The van der Waals surface area contributed by atoms with Gasteiger partial charge in [0.05, 0.1) is 12.5 Å². The summed E-state index contributed by atoms with van der Waals surface area (Å²) >= 11 is 0. The lowest BCUT2D eigenvalue weighted by molar-refractivity contribution is -0.139. The number of hydrogen-bond acceptors (Lipinski definition) is 8. The molecule has 0 radical (unpaired) electrons. The fourth-order valence-electron chi connectivity index (χ4n) is 4.44. The van der Waals surface area contributed by atoms with Gasteiger partial charge in [-0.05, 0) is 23.8 Å². The summed E-state index contributed by atoms with van der Waals surface area (Å²) in [7, 11) is 0. The van der Waals surface area contributed by atoms with Crippen LogP contribution < -0.4 is 10.9 Å². The van der Waals surface area contributed by atoms with Crippen molar-refractivity contribution in [2.45, 2.75) is 57.3 Å². The van der Waals surface area contributed by atoms with Crippen LogP contribution in [0.4, 0.5) is 4.79 Å². The monoisotopic (exact) mass is 392 g/mol. The lowest BCUT2D eigenvalue weighted by Crippen LogP contribution is -2.51. The van der Waals surface area contributed by atoms with Crippen molar-refractivity contribution in [3.63, 3.8) is 0 Å². The number of carbonyl (C=O) groups is 2. The molecule has 0 aromatic carbocycles. The molecule has 2 N–H and O–H groups in total. The molecule has 3 aliphatic heterocycles. The summed E-state index contributed by atoms with van der Waals surface area (Å²) in [5.41, 5.74) is 5.62. The van der Waals surface area contributed by atoms with Crippen molar-refractivity contribution < 1.29 is 14.3 Å². The summed E-state index contributed by atoms with van der Waals surface area (Å²) in [5, 5.41) is 11.2. The van der Waals surface area contributed by atoms with Gasteiger partial charge in [-0.1, -0.05) is 13.3 Å². The Morgan fingerprint density at radius 3 is 2.89 bits per heavy atom. The van der Waals surface area contributed by atoms with E-state index in [1.165, 1.54) is 6.33 Å². The number of nitrogens with zero attached hydrogens (tertiary/aromatic N) is 6. The number of aromatic nitrogens is 4. The van der Waals surface area contributed by atoms with Crippen molar-refractivity contribution in [3.8, 4) is 0 Å². The largest absolute Gasteiger partial charge is 0.441 e. The van der Waals surface area contributed by atoms with Crippen LogP contribution in [0.3, 0.4) is 0 Å². The van der Waals surface area contributed by atoms with E-state index in [0.717, 1.165) is 12.8 Å². The Morgan fingerprint density at radius 2 is 2.21 bits per heavy atom. The van der Waals surface area contributed by atoms with E-state index in [9.17, 15) is 9.59 Å². The molecule has 1 aromatic rings. The van der Waals surface area contributed by atoms with Gasteiger partial charge in [-0.2, -0.15) is 0 Å². The molecule has 3 fully saturated rings. The maximum Gasteiger partial charge on any atom is 0.410 e. The van der Waals surface area contributed by atoms with Crippen molar-refractivity contribution in [2.75, 3.05) is 26.2 Å². The molecule has 0 bridgehead atoms. The van der Waals surface area contributed by atoms with Gasteiger partial charge < -0.3 is 14.5 Å². The Bertz CT molecular complexity index is 703. The summed E-state index contributed by atoms with van der Waals surface area (Å²) < 4.78 is 7.35. The quantitative estimate of drug-likeness (QED) is 0.713. The van der Waals surface area contributed by atoms with E-state index >= 15 is 0 Å². The zero-order valence-electron chi connectivity index (χ0n) is 16.4. The molecule has 3 unspecified atom stereocenters. The van der Waals surface area contributed by atoms with Crippen LogP contribution in [0.2, 0.25) is 0 Å². The standard InChI is InChI=1S/C17H28N8O3/c1-3-4-12(2)24-10-17(28-16(24)27)5-7-23(8-6-17)15(26)13-9-18-20-14(13)25-11-19-21-22-25/h11-14,18,20H,3-10H2,1-2H3. The highest BCUT2D eigenvalue weighted by Crippen LogP contribution is 2.35. The first-order valence-corrected chi connectivity index (χ1v) is 10.0. The third-order valence-corrected chi connectivity index (χ3v) is 6.14.